The summed E-state index contributed by atoms with van der Waals surface area (Å²) >= 11 is 0. The van der Waals surface area contributed by atoms with Crippen molar-refractivity contribution in [2.75, 3.05) is 20.1 Å². The number of nitrogens with one attached hydrogen (secondary N) is 2. The molecule has 16 heavy (non-hydrogen) atoms. The van der Waals surface area contributed by atoms with E-state index in [1.54, 1.807) is 7.05 Å². The molecule has 5 heteroatoms. The van der Waals surface area contributed by atoms with Gasteiger partial charge in [0.15, 0.2) is 0 Å². The van der Waals surface area contributed by atoms with Crippen molar-refractivity contribution in [1.82, 2.24) is 15.5 Å². The van der Waals surface area contributed by atoms with Gasteiger partial charge in [0.05, 0.1) is 13.1 Å². The molecule has 0 heterocycles. The molecule has 0 saturated heterocycles. The molecule has 2 saturated carbocycles. The number of rotatable bonds is 6. The summed E-state index contributed by atoms with van der Waals surface area (Å²) in [5, 5.41) is 6.00. The molecule has 0 spiro atoms. The average molecular weight is 225 g/mol. The topological polar surface area (TPSA) is 61.4 Å². The minimum Gasteiger partial charge on any atom is -0.352 e. The highest BCUT2D eigenvalue weighted by Gasteiger charge is 2.25. The van der Waals surface area contributed by atoms with E-state index in [9.17, 15) is 9.59 Å². The van der Waals surface area contributed by atoms with Crippen LogP contribution in [0.1, 0.15) is 25.7 Å². The van der Waals surface area contributed by atoms with Crippen LogP contribution in [0.4, 0.5) is 0 Å². The van der Waals surface area contributed by atoms with E-state index >= 15 is 0 Å². The minimum absolute atomic E-state index is 0.0159. The number of nitrogens with zero attached hydrogens (tertiary/aromatic N) is 1. The second-order valence-corrected chi connectivity index (χ2v) is 4.75. The summed E-state index contributed by atoms with van der Waals surface area (Å²) in [7, 11) is 1.67. The van der Waals surface area contributed by atoms with Crippen LogP contribution in [0.25, 0.3) is 0 Å². The Morgan fingerprint density at radius 2 is 1.81 bits per heavy atom. The van der Waals surface area contributed by atoms with E-state index < -0.39 is 0 Å². The van der Waals surface area contributed by atoms with Crippen molar-refractivity contribution < 1.29 is 9.59 Å². The lowest BCUT2D eigenvalue weighted by Crippen LogP contribution is -2.42. The Hall–Kier alpha value is -1.10. The van der Waals surface area contributed by atoms with E-state index in [0.717, 1.165) is 12.8 Å². The average Bonchev–Trinajstić information content (AvgIpc) is 3.07. The summed E-state index contributed by atoms with van der Waals surface area (Å²) in [4.78, 5) is 24.5. The lowest BCUT2D eigenvalue weighted by Gasteiger charge is -2.16. The van der Waals surface area contributed by atoms with Gasteiger partial charge in [-0.2, -0.15) is 0 Å². The zero-order valence-corrected chi connectivity index (χ0v) is 9.66. The molecule has 2 rings (SSSR count). The third-order valence-electron chi connectivity index (χ3n) is 2.87. The summed E-state index contributed by atoms with van der Waals surface area (Å²) in [6.45, 7) is 0.513. The van der Waals surface area contributed by atoms with E-state index in [2.05, 4.69) is 10.6 Å². The van der Waals surface area contributed by atoms with Crippen molar-refractivity contribution >= 4 is 11.8 Å². The van der Waals surface area contributed by atoms with Crippen molar-refractivity contribution in [3.63, 3.8) is 0 Å². The third kappa shape index (κ3) is 3.81. The van der Waals surface area contributed by atoms with Crippen molar-refractivity contribution in [3.05, 3.63) is 0 Å². The maximum Gasteiger partial charge on any atom is 0.239 e. The molecule has 0 aromatic rings. The Labute approximate surface area is 95.6 Å². The predicted molar refractivity (Wildman–Crippen MR) is 59.8 cm³/mol. The molecule has 0 aromatic heterocycles. The summed E-state index contributed by atoms with van der Waals surface area (Å²) in [5.41, 5.74) is 0. The first-order valence-electron chi connectivity index (χ1n) is 5.92. The maximum absolute atomic E-state index is 11.6. The first-order chi connectivity index (χ1) is 7.65. The Balaban J connectivity index is 1.61. The highest BCUT2D eigenvalue weighted by Crippen LogP contribution is 2.18. The molecule has 90 valence electrons. The number of hydrogen-bond acceptors (Lipinski definition) is 3. The molecule has 0 aromatic carbocycles. The number of amides is 2. The molecule has 0 atom stereocenters. The molecule has 5 nitrogen and oxygen atoms in total. The molecular weight excluding hydrogens is 206 g/mol. The summed E-state index contributed by atoms with van der Waals surface area (Å²) in [6, 6.07) is 0.887. The molecule has 2 fully saturated rings. The first kappa shape index (κ1) is 11.4. The van der Waals surface area contributed by atoms with Crippen molar-refractivity contribution in [3.8, 4) is 0 Å². The van der Waals surface area contributed by atoms with Crippen LogP contribution >= 0.6 is 0 Å². The third-order valence-corrected chi connectivity index (χ3v) is 2.87. The van der Waals surface area contributed by atoms with Crippen LogP contribution in [0.5, 0.6) is 0 Å². The predicted octanol–water partition coefficient (Wildman–Crippen LogP) is -0.525. The van der Waals surface area contributed by atoms with E-state index in [0.29, 0.717) is 18.6 Å². The van der Waals surface area contributed by atoms with Crippen LogP contribution in [0, 0.1) is 0 Å². The standard InChI is InChI=1S/C11H19N3O2/c1-14(7-10(15)13-9-4-5-9)11(16)6-12-8-2-3-8/h8-9,12H,2-7H2,1H3,(H,13,15). The zero-order chi connectivity index (χ0) is 11.5. The zero-order valence-electron chi connectivity index (χ0n) is 9.66. The second-order valence-electron chi connectivity index (χ2n) is 4.75. The van der Waals surface area contributed by atoms with Crippen LogP contribution in [0.15, 0.2) is 0 Å². The summed E-state index contributed by atoms with van der Waals surface area (Å²) in [5.74, 6) is -0.0670. The van der Waals surface area contributed by atoms with Gasteiger partial charge in [-0.25, -0.2) is 0 Å². The Kier molecular flexibility index (Phi) is 3.43. The van der Waals surface area contributed by atoms with Crippen molar-refractivity contribution in [2.45, 2.75) is 37.8 Å². The second kappa shape index (κ2) is 4.82. The molecule has 2 aliphatic rings. The fraction of sp³-hybridized carbons (Fsp3) is 0.818. The fourth-order valence-corrected chi connectivity index (χ4v) is 1.46. The van der Waals surface area contributed by atoms with Crippen LogP contribution < -0.4 is 10.6 Å². The minimum atomic E-state index is -0.0511. The Bertz CT molecular complexity index is 285. The summed E-state index contributed by atoms with van der Waals surface area (Å²) in [6.07, 6.45) is 4.48. The monoisotopic (exact) mass is 225 g/mol. The van der Waals surface area contributed by atoms with Gasteiger partial charge in [-0.1, -0.05) is 0 Å². The van der Waals surface area contributed by atoms with Gasteiger partial charge in [-0.15, -0.1) is 0 Å². The van der Waals surface area contributed by atoms with Crippen LogP contribution in [-0.4, -0.2) is 48.9 Å². The van der Waals surface area contributed by atoms with Gasteiger partial charge in [0, 0.05) is 19.1 Å². The lowest BCUT2D eigenvalue weighted by molar-refractivity contribution is -0.134. The highest BCUT2D eigenvalue weighted by atomic mass is 16.2. The van der Waals surface area contributed by atoms with Gasteiger partial charge < -0.3 is 15.5 Å². The number of carbonyl (C=O) groups excluding carboxylic acids is 2. The number of hydrogen-bond donors (Lipinski definition) is 2. The molecule has 2 amide bonds. The Morgan fingerprint density at radius 3 is 2.38 bits per heavy atom. The largest absolute Gasteiger partial charge is 0.352 e. The molecule has 2 aliphatic carbocycles. The molecule has 2 N–H and O–H groups in total. The van der Waals surface area contributed by atoms with E-state index in [1.165, 1.54) is 17.7 Å². The molecule has 0 radical (unpaired) electrons. The molecular formula is C11H19N3O2. The highest BCUT2D eigenvalue weighted by molar-refractivity contribution is 5.85. The smallest absolute Gasteiger partial charge is 0.239 e. The number of carbonyl (C=O) groups is 2. The van der Waals surface area contributed by atoms with Crippen LogP contribution in [0.3, 0.4) is 0 Å². The SMILES string of the molecule is CN(CC(=O)NC1CC1)C(=O)CNC1CC1. The van der Waals surface area contributed by atoms with Crippen molar-refractivity contribution in [2.24, 2.45) is 0 Å². The van der Waals surface area contributed by atoms with E-state index in [1.807, 2.05) is 0 Å². The van der Waals surface area contributed by atoms with E-state index in [-0.39, 0.29) is 18.4 Å². The van der Waals surface area contributed by atoms with Gasteiger partial charge in [0.2, 0.25) is 11.8 Å². The maximum atomic E-state index is 11.6. The normalized spacial score (nSPS) is 19.3. The van der Waals surface area contributed by atoms with Gasteiger partial charge in [-0.3, -0.25) is 9.59 Å². The lowest BCUT2D eigenvalue weighted by atomic mass is 10.4. The van der Waals surface area contributed by atoms with Crippen molar-refractivity contribution in [1.29, 1.82) is 0 Å². The van der Waals surface area contributed by atoms with Gasteiger partial charge in [0.25, 0.3) is 0 Å². The van der Waals surface area contributed by atoms with E-state index in [4.69, 9.17) is 0 Å². The quantitative estimate of drug-likeness (QED) is 0.639. The Morgan fingerprint density at radius 1 is 1.19 bits per heavy atom. The first-order valence-corrected chi connectivity index (χ1v) is 5.92. The van der Waals surface area contributed by atoms with Crippen LogP contribution in [0.2, 0.25) is 0 Å². The van der Waals surface area contributed by atoms with Crippen LogP contribution in [-0.2, 0) is 9.59 Å². The summed E-state index contributed by atoms with van der Waals surface area (Å²) < 4.78 is 0. The number of likely N-dealkylation sites (N-methyl/N-ethyl adjacent to an activating group) is 1. The van der Waals surface area contributed by atoms with Gasteiger partial charge in [-0.05, 0) is 25.7 Å². The van der Waals surface area contributed by atoms with Gasteiger partial charge in [0.1, 0.15) is 0 Å². The molecule has 0 bridgehead atoms. The fourth-order valence-electron chi connectivity index (χ4n) is 1.46. The molecule has 0 unspecified atom stereocenters. The van der Waals surface area contributed by atoms with Gasteiger partial charge >= 0.3 is 0 Å². The molecule has 0 aliphatic heterocycles.